The minimum atomic E-state index is -0.410. The highest BCUT2D eigenvalue weighted by molar-refractivity contribution is 7.99. The van der Waals surface area contributed by atoms with Crippen LogP contribution in [0.15, 0.2) is 22.1 Å². The molecule has 0 aliphatic rings. The van der Waals surface area contributed by atoms with Crippen molar-refractivity contribution in [2.75, 3.05) is 12.3 Å². The van der Waals surface area contributed by atoms with Crippen molar-refractivity contribution in [3.8, 4) is 6.07 Å². The van der Waals surface area contributed by atoms with Gasteiger partial charge >= 0.3 is 0 Å². The number of hydrogen-bond donors (Lipinski definition) is 1. The van der Waals surface area contributed by atoms with Crippen LogP contribution in [0.3, 0.4) is 0 Å². The number of aromatic nitrogens is 1. The van der Waals surface area contributed by atoms with E-state index >= 15 is 0 Å². The first-order valence-electron chi connectivity index (χ1n) is 5.89. The molecule has 1 aromatic heterocycles. The van der Waals surface area contributed by atoms with E-state index in [1.807, 2.05) is 6.92 Å². The van der Waals surface area contributed by atoms with Crippen molar-refractivity contribution < 1.29 is 4.42 Å². The smallest absolute Gasteiger partial charge is 0.255 e. The Kier molecular flexibility index (Phi) is 6.09. The van der Waals surface area contributed by atoms with Crippen molar-refractivity contribution in [2.24, 2.45) is 0 Å². The molecule has 0 saturated heterocycles. The molecule has 0 aromatic carbocycles. The molecule has 1 rings (SSSR count). The summed E-state index contributed by atoms with van der Waals surface area (Å²) in [6.45, 7) is 4.94. The molecule has 1 heterocycles. The maximum Gasteiger partial charge on any atom is 0.255 e. The van der Waals surface area contributed by atoms with Crippen LogP contribution in [0.4, 0.5) is 0 Å². The van der Waals surface area contributed by atoms with Crippen molar-refractivity contribution in [2.45, 2.75) is 43.9 Å². The van der Waals surface area contributed by atoms with Crippen LogP contribution in [-0.4, -0.2) is 22.8 Å². The second-order valence-corrected chi connectivity index (χ2v) is 5.17. The number of rotatable bonds is 8. The lowest BCUT2D eigenvalue weighted by molar-refractivity contribution is 0.415. The summed E-state index contributed by atoms with van der Waals surface area (Å²) in [7, 11) is 0. The van der Waals surface area contributed by atoms with Gasteiger partial charge in [-0.25, -0.2) is 4.98 Å². The molecule has 1 N–H and O–H groups in total. The van der Waals surface area contributed by atoms with E-state index in [0.717, 1.165) is 31.6 Å². The molecule has 0 fully saturated rings. The van der Waals surface area contributed by atoms with Gasteiger partial charge in [-0.3, -0.25) is 5.32 Å². The summed E-state index contributed by atoms with van der Waals surface area (Å²) in [5.74, 6) is 0.922. The molecule has 0 bridgehead atoms. The van der Waals surface area contributed by atoms with E-state index in [1.54, 1.807) is 24.2 Å². The molecule has 17 heavy (non-hydrogen) atoms. The second kappa shape index (κ2) is 7.36. The predicted octanol–water partition coefficient (Wildman–Crippen LogP) is 2.83. The van der Waals surface area contributed by atoms with Gasteiger partial charge in [-0.15, -0.1) is 0 Å². The lowest BCUT2D eigenvalue weighted by Crippen LogP contribution is -2.41. The van der Waals surface area contributed by atoms with Crippen molar-refractivity contribution >= 4 is 11.8 Å². The fourth-order valence-corrected chi connectivity index (χ4v) is 2.17. The van der Waals surface area contributed by atoms with Crippen LogP contribution < -0.4 is 5.32 Å². The molecule has 0 amide bonds. The highest BCUT2D eigenvalue weighted by Gasteiger charge is 2.21. The highest BCUT2D eigenvalue weighted by Crippen LogP contribution is 2.19. The average molecular weight is 253 g/mol. The fraction of sp³-hybridized carbons (Fsp3) is 0.667. The molecular weight excluding hydrogens is 234 g/mol. The normalized spacial score (nSPS) is 14.2. The predicted molar refractivity (Wildman–Crippen MR) is 68.8 cm³/mol. The van der Waals surface area contributed by atoms with E-state index < -0.39 is 5.54 Å². The Balaban J connectivity index is 2.21. The van der Waals surface area contributed by atoms with E-state index in [2.05, 4.69) is 23.3 Å². The lowest BCUT2D eigenvalue weighted by atomic mass is 9.98. The fourth-order valence-electron chi connectivity index (χ4n) is 1.45. The van der Waals surface area contributed by atoms with Crippen LogP contribution in [-0.2, 0) is 0 Å². The van der Waals surface area contributed by atoms with E-state index in [1.165, 1.54) is 0 Å². The topological polar surface area (TPSA) is 61.9 Å². The Bertz CT molecular complexity index is 347. The summed E-state index contributed by atoms with van der Waals surface area (Å²) < 4.78 is 5.13. The quantitative estimate of drug-likeness (QED) is 0.570. The molecule has 0 aliphatic carbocycles. The van der Waals surface area contributed by atoms with Crippen molar-refractivity contribution in [3.05, 3.63) is 12.5 Å². The van der Waals surface area contributed by atoms with Gasteiger partial charge in [-0.1, -0.05) is 18.7 Å². The molecule has 0 aliphatic heterocycles. The minimum absolute atomic E-state index is 0.410. The van der Waals surface area contributed by atoms with Crippen LogP contribution in [0.5, 0.6) is 0 Å². The van der Waals surface area contributed by atoms with Crippen molar-refractivity contribution in [1.29, 1.82) is 5.26 Å². The van der Waals surface area contributed by atoms with Gasteiger partial charge in [0.2, 0.25) is 0 Å². The third-order valence-corrected chi connectivity index (χ3v) is 3.41. The largest absolute Gasteiger partial charge is 0.440 e. The monoisotopic (exact) mass is 253 g/mol. The highest BCUT2D eigenvalue weighted by atomic mass is 32.2. The van der Waals surface area contributed by atoms with Crippen LogP contribution in [0.1, 0.15) is 33.1 Å². The zero-order chi connectivity index (χ0) is 12.6. The SMILES string of the molecule is CCCNC(C)(C#N)CCCSc1ncco1. The summed E-state index contributed by atoms with van der Waals surface area (Å²) >= 11 is 1.59. The molecule has 1 unspecified atom stereocenters. The molecular formula is C12H19N3OS. The third kappa shape index (κ3) is 5.24. The first-order valence-corrected chi connectivity index (χ1v) is 6.87. The second-order valence-electron chi connectivity index (χ2n) is 4.12. The molecule has 5 heteroatoms. The van der Waals surface area contributed by atoms with Gasteiger partial charge in [0.05, 0.1) is 12.3 Å². The van der Waals surface area contributed by atoms with Crippen molar-refractivity contribution in [3.63, 3.8) is 0 Å². The van der Waals surface area contributed by atoms with Gasteiger partial charge in [0.25, 0.3) is 5.22 Å². The van der Waals surface area contributed by atoms with Crippen LogP contribution >= 0.6 is 11.8 Å². The van der Waals surface area contributed by atoms with Gasteiger partial charge in [0.15, 0.2) is 0 Å². The molecule has 0 saturated carbocycles. The summed E-state index contributed by atoms with van der Waals surface area (Å²) in [6, 6.07) is 2.35. The Morgan fingerprint density at radius 2 is 2.47 bits per heavy atom. The Labute approximate surface area is 107 Å². The maximum absolute atomic E-state index is 9.15. The summed E-state index contributed by atoms with van der Waals surface area (Å²) in [5, 5.41) is 13.1. The van der Waals surface area contributed by atoms with Crippen LogP contribution in [0.2, 0.25) is 0 Å². The summed E-state index contributed by atoms with van der Waals surface area (Å²) in [6.07, 6.45) is 6.07. The summed E-state index contributed by atoms with van der Waals surface area (Å²) in [4.78, 5) is 4.04. The summed E-state index contributed by atoms with van der Waals surface area (Å²) in [5.41, 5.74) is -0.410. The zero-order valence-corrected chi connectivity index (χ0v) is 11.2. The number of nitrogens with zero attached hydrogens (tertiary/aromatic N) is 2. The van der Waals surface area contributed by atoms with E-state index in [0.29, 0.717) is 5.22 Å². The zero-order valence-electron chi connectivity index (χ0n) is 10.4. The average Bonchev–Trinajstić information content (AvgIpc) is 2.85. The van der Waals surface area contributed by atoms with Gasteiger partial charge < -0.3 is 4.42 Å². The van der Waals surface area contributed by atoms with E-state index in [-0.39, 0.29) is 0 Å². The first kappa shape index (κ1) is 14.1. The standard InChI is InChI=1S/C12H19N3OS/c1-3-6-15-12(2,10-13)5-4-9-17-11-14-7-8-16-11/h7-8,15H,3-6,9H2,1-2H3. The Morgan fingerprint density at radius 1 is 1.65 bits per heavy atom. The number of nitriles is 1. The van der Waals surface area contributed by atoms with Gasteiger partial charge in [-0.05, 0) is 32.7 Å². The number of thioether (sulfide) groups is 1. The molecule has 1 atom stereocenters. The van der Waals surface area contributed by atoms with Crippen LogP contribution in [0.25, 0.3) is 0 Å². The van der Waals surface area contributed by atoms with Gasteiger partial charge in [0.1, 0.15) is 11.8 Å². The van der Waals surface area contributed by atoms with Crippen molar-refractivity contribution in [1.82, 2.24) is 10.3 Å². The number of hydrogen-bond acceptors (Lipinski definition) is 5. The first-order chi connectivity index (χ1) is 8.20. The van der Waals surface area contributed by atoms with Gasteiger partial charge in [-0.2, -0.15) is 5.26 Å². The van der Waals surface area contributed by atoms with E-state index in [9.17, 15) is 0 Å². The Hall–Kier alpha value is -0.990. The molecule has 94 valence electrons. The molecule has 0 radical (unpaired) electrons. The Morgan fingerprint density at radius 3 is 3.06 bits per heavy atom. The minimum Gasteiger partial charge on any atom is -0.440 e. The number of oxazole rings is 1. The molecule has 1 aromatic rings. The van der Waals surface area contributed by atoms with Crippen LogP contribution in [0, 0.1) is 11.3 Å². The van der Waals surface area contributed by atoms with E-state index in [4.69, 9.17) is 9.68 Å². The van der Waals surface area contributed by atoms with Gasteiger partial charge in [0, 0.05) is 5.75 Å². The number of nitrogens with one attached hydrogen (secondary N) is 1. The molecule has 4 nitrogen and oxygen atoms in total. The molecule has 0 spiro atoms. The maximum atomic E-state index is 9.15. The lowest BCUT2D eigenvalue weighted by Gasteiger charge is -2.22. The third-order valence-electron chi connectivity index (χ3n) is 2.47.